The van der Waals surface area contributed by atoms with Crippen molar-refractivity contribution in [2.75, 3.05) is 24.9 Å². The third-order valence-corrected chi connectivity index (χ3v) is 3.60. The van der Waals surface area contributed by atoms with Gasteiger partial charge in [0, 0.05) is 18.2 Å². The van der Waals surface area contributed by atoms with Crippen LogP contribution in [0.25, 0.3) is 0 Å². The molecule has 10 heteroatoms. The first kappa shape index (κ1) is 19.0. The fraction of sp³-hybridized carbons (Fsp3) is 0.125. The van der Waals surface area contributed by atoms with E-state index in [1.54, 1.807) is 12.1 Å². The van der Waals surface area contributed by atoms with E-state index < -0.39 is 16.7 Å². The molecule has 0 bridgehead atoms. The van der Waals surface area contributed by atoms with E-state index in [4.69, 9.17) is 21.1 Å². The number of anilines is 2. The van der Waals surface area contributed by atoms with Crippen LogP contribution in [0.1, 0.15) is 0 Å². The van der Waals surface area contributed by atoms with E-state index in [0.29, 0.717) is 11.5 Å². The number of nitro benzene ring substituents is 1. The molecule has 0 saturated heterocycles. The Hall–Kier alpha value is -3.33. The number of methoxy groups -OCH3 is 2. The second-order valence-electron chi connectivity index (χ2n) is 4.90. The highest BCUT2D eigenvalue weighted by molar-refractivity contribution is 6.45. The van der Waals surface area contributed by atoms with Crippen molar-refractivity contribution in [2.24, 2.45) is 0 Å². The van der Waals surface area contributed by atoms with Crippen molar-refractivity contribution in [3.63, 3.8) is 0 Å². The standard InChI is InChI=1S/C16H14ClN3O6/c1-25-10-4-6-14(26-2)13(8-10)19-16(22)15(21)18-12-7-9(20(23)24)3-5-11(12)17/h3-8H,1-2H3,(H,18,21)(H,19,22). The predicted octanol–water partition coefficient (Wildman–Crippen LogP) is 2.84. The second kappa shape index (κ2) is 8.17. The van der Waals surface area contributed by atoms with Crippen molar-refractivity contribution < 1.29 is 24.0 Å². The van der Waals surface area contributed by atoms with E-state index >= 15 is 0 Å². The molecule has 2 N–H and O–H groups in total. The van der Waals surface area contributed by atoms with E-state index in [1.807, 2.05) is 0 Å². The van der Waals surface area contributed by atoms with Gasteiger partial charge in [0.25, 0.3) is 5.69 Å². The Balaban J connectivity index is 2.17. The maximum Gasteiger partial charge on any atom is 0.314 e. The average Bonchev–Trinajstić information content (AvgIpc) is 2.63. The van der Waals surface area contributed by atoms with Gasteiger partial charge in [0.2, 0.25) is 0 Å². The first-order chi connectivity index (χ1) is 12.3. The van der Waals surface area contributed by atoms with Crippen LogP contribution in [0.2, 0.25) is 5.02 Å². The Labute approximate surface area is 153 Å². The lowest BCUT2D eigenvalue weighted by Crippen LogP contribution is -2.29. The summed E-state index contributed by atoms with van der Waals surface area (Å²) in [5.41, 5.74) is -0.115. The minimum absolute atomic E-state index is 0.0516. The first-order valence-electron chi connectivity index (χ1n) is 7.14. The van der Waals surface area contributed by atoms with Crippen molar-refractivity contribution >= 4 is 40.5 Å². The van der Waals surface area contributed by atoms with Gasteiger partial charge in [-0.15, -0.1) is 0 Å². The largest absolute Gasteiger partial charge is 0.497 e. The fourth-order valence-corrected chi connectivity index (χ4v) is 2.16. The number of amides is 2. The molecule has 9 nitrogen and oxygen atoms in total. The zero-order valence-corrected chi connectivity index (χ0v) is 14.5. The monoisotopic (exact) mass is 379 g/mol. The molecule has 2 aromatic rings. The molecule has 0 unspecified atom stereocenters. The topological polar surface area (TPSA) is 120 Å². The number of benzene rings is 2. The molecule has 26 heavy (non-hydrogen) atoms. The van der Waals surface area contributed by atoms with Crippen LogP contribution >= 0.6 is 11.6 Å². The number of carbonyl (C=O) groups excluding carboxylic acids is 2. The number of halogens is 1. The lowest BCUT2D eigenvalue weighted by molar-refractivity contribution is -0.384. The van der Waals surface area contributed by atoms with Gasteiger partial charge in [0.05, 0.1) is 35.5 Å². The van der Waals surface area contributed by atoms with E-state index in [9.17, 15) is 19.7 Å². The van der Waals surface area contributed by atoms with Crippen molar-refractivity contribution in [2.45, 2.75) is 0 Å². The van der Waals surface area contributed by atoms with Crippen LogP contribution in [-0.4, -0.2) is 31.0 Å². The lowest BCUT2D eigenvalue weighted by Gasteiger charge is -2.12. The Morgan fingerprint density at radius 3 is 2.23 bits per heavy atom. The molecular formula is C16H14ClN3O6. The number of hydrogen-bond donors (Lipinski definition) is 2. The number of rotatable bonds is 5. The summed E-state index contributed by atoms with van der Waals surface area (Å²) in [5, 5.41) is 15.5. The number of nitrogens with zero attached hydrogens (tertiary/aromatic N) is 1. The van der Waals surface area contributed by atoms with Crippen LogP contribution < -0.4 is 20.1 Å². The molecule has 2 rings (SSSR count). The third kappa shape index (κ3) is 4.39. The molecule has 136 valence electrons. The summed E-state index contributed by atoms with van der Waals surface area (Å²) < 4.78 is 10.2. The number of nitro groups is 1. The molecule has 0 spiro atoms. The number of ether oxygens (including phenoxy) is 2. The summed E-state index contributed by atoms with van der Waals surface area (Å²) >= 11 is 5.89. The zero-order valence-electron chi connectivity index (χ0n) is 13.7. The highest BCUT2D eigenvalue weighted by Crippen LogP contribution is 2.29. The minimum Gasteiger partial charge on any atom is -0.497 e. The highest BCUT2D eigenvalue weighted by Gasteiger charge is 2.19. The van der Waals surface area contributed by atoms with Gasteiger partial charge in [-0.25, -0.2) is 0 Å². The Kier molecular flexibility index (Phi) is 5.97. The number of non-ortho nitro benzene ring substituents is 1. The molecule has 0 atom stereocenters. The molecule has 0 fully saturated rings. The van der Waals surface area contributed by atoms with Gasteiger partial charge in [-0.05, 0) is 18.2 Å². The fourth-order valence-electron chi connectivity index (χ4n) is 1.99. The van der Waals surface area contributed by atoms with Crippen LogP contribution in [0, 0.1) is 10.1 Å². The number of carbonyl (C=O) groups is 2. The van der Waals surface area contributed by atoms with Gasteiger partial charge in [0.1, 0.15) is 11.5 Å². The van der Waals surface area contributed by atoms with Gasteiger partial charge < -0.3 is 20.1 Å². The van der Waals surface area contributed by atoms with Crippen LogP contribution in [0.3, 0.4) is 0 Å². The molecule has 2 amide bonds. The van der Waals surface area contributed by atoms with Crippen LogP contribution in [-0.2, 0) is 9.59 Å². The second-order valence-corrected chi connectivity index (χ2v) is 5.30. The molecule has 0 aliphatic carbocycles. The van der Waals surface area contributed by atoms with Crippen LogP contribution in [0.15, 0.2) is 36.4 Å². The Bertz CT molecular complexity index is 871. The summed E-state index contributed by atoms with van der Waals surface area (Å²) in [6.45, 7) is 0. The van der Waals surface area contributed by atoms with Crippen molar-refractivity contribution in [3.8, 4) is 11.5 Å². The molecule has 0 aliphatic rings. The lowest BCUT2D eigenvalue weighted by atomic mass is 10.2. The van der Waals surface area contributed by atoms with E-state index in [0.717, 1.165) is 6.07 Å². The van der Waals surface area contributed by atoms with Crippen molar-refractivity contribution in [3.05, 3.63) is 51.5 Å². The van der Waals surface area contributed by atoms with Gasteiger partial charge >= 0.3 is 11.8 Å². The van der Waals surface area contributed by atoms with E-state index in [1.165, 1.54) is 32.4 Å². The van der Waals surface area contributed by atoms with Gasteiger partial charge in [-0.3, -0.25) is 19.7 Å². The number of hydrogen-bond acceptors (Lipinski definition) is 6. The molecule has 0 radical (unpaired) electrons. The molecule has 0 heterocycles. The van der Waals surface area contributed by atoms with Gasteiger partial charge in [-0.2, -0.15) is 0 Å². The SMILES string of the molecule is COc1ccc(OC)c(NC(=O)C(=O)Nc2cc([N+](=O)[O-])ccc2Cl)c1. The smallest absolute Gasteiger partial charge is 0.314 e. The normalized spacial score (nSPS) is 9.96. The molecule has 0 aliphatic heterocycles. The van der Waals surface area contributed by atoms with Gasteiger partial charge in [-0.1, -0.05) is 11.6 Å². The van der Waals surface area contributed by atoms with E-state index in [-0.39, 0.29) is 22.1 Å². The summed E-state index contributed by atoms with van der Waals surface area (Å²) in [4.78, 5) is 34.4. The third-order valence-electron chi connectivity index (χ3n) is 3.27. The highest BCUT2D eigenvalue weighted by atomic mass is 35.5. The zero-order chi connectivity index (χ0) is 19.3. The van der Waals surface area contributed by atoms with Crippen LogP contribution in [0.5, 0.6) is 11.5 Å². The quantitative estimate of drug-likeness (QED) is 0.468. The van der Waals surface area contributed by atoms with Crippen molar-refractivity contribution in [1.29, 1.82) is 0 Å². The minimum atomic E-state index is -1.06. The molecule has 0 saturated carbocycles. The Morgan fingerprint density at radius 1 is 1.00 bits per heavy atom. The van der Waals surface area contributed by atoms with Crippen molar-refractivity contribution in [1.82, 2.24) is 0 Å². The summed E-state index contributed by atoms with van der Waals surface area (Å²) in [7, 11) is 2.85. The average molecular weight is 380 g/mol. The maximum absolute atomic E-state index is 12.1. The predicted molar refractivity (Wildman–Crippen MR) is 94.9 cm³/mol. The summed E-state index contributed by atoms with van der Waals surface area (Å²) in [6.07, 6.45) is 0. The van der Waals surface area contributed by atoms with E-state index in [2.05, 4.69) is 10.6 Å². The molecule has 0 aromatic heterocycles. The summed E-state index contributed by atoms with van der Waals surface area (Å²) in [5.74, 6) is -1.31. The number of nitrogens with one attached hydrogen (secondary N) is 2. The summed E-state index contributed by atoms with van der Waals surface area (Å²) in [6, 6.07) is 8.14. The van der Waals surface area contributed by atoms with Gasteiger partial charge in [0.15, 0.2) is 0 Å². The maximum atomic E-state index is 12.1. The molecule has 2 aromatic carbocycles. The first-order valence-corrected chi connectivity index (χ1v) is 7.51. The molecular weight excluding hydrogens is 366 g/mol. The Morgan fingerprint density at radius 2 is 1.65 bits per heavy atom. The van der Waals surface area contributed by atoms with Crippen LogP contribution in [0.4, 0.5) is 17.1 Å².